The summed E-state index contributed by atoms with van der Waals surface area (Å²) < 4.78 is 7.63. The molecule has 25 heavy (non-hydrogen) atoms. The van der Waals surface area contributed by atoms with E-state index < -0.39 is 0 Å². The number of guanidine groups is 1. The summed E-state index contributed by atoms with van der Waals surface area (Å²) in [4.78, 5) is 8.37. The number of benzene rings is 1. The summed E-state index contributed by atoms with van der Waals surface area (Å²) in [6, 6.07) is 6.18. The minimum Gasteiger partial charge on any atom is -0.493 e. The molecule has 0 spiro atoms. The molecule has 8 heteroatoms. The van der Waals surface area contributed by atoms with E-state index in [1.54, 1.807) is 11.7 Å². The number of halogens is 1. The maximum Gasteiger partial charge on any atom is 0.191 e. The predicted octanol–water partition coefficient (Wildman–Crippen LogP) is 2.18. The first-order valence-electron chi connectivity index (χ1n) is 8.08. The van der Waals surface area contributed by atoms with Gasteiger partial charge in [-0.3, -0.25) is 9.67 Å². The van der Waals surface area contributed by atoms with Gasteiger partial charge in [0.05, 0.1) is 13.2 Å². The van der Waals surface area contributed by atoms with Gasteiger partial charge in [0.25, 0.3) is 0 Å². The van der Waals surface area contributed by atoms with Crippen LogP contribution in [-0.4, -0.2) is 40.9 Å². The molecule has 2 rings (SSSR count). The third-order valence-corrected chi connectivity index (χ3v) is 3.71. The van der Waals surface area contributed by atoms with Crippen molar-refractivity contribution in [2.45, 2.75) is 26.8 Å². The molecule has 0 radical (unpaired) electrons. The highest BCUT2D eigenvalue weighted by Gasteiger charge is 2.04. The molecule has 2 aromatic rings. The highest BCUT2D eigenvalue weighted by molar-refractivity contribution is 14.0. The Kier molecular flexibility index (Phi) is 9.25. The van der Waals surface area contributed by atoms with Crippen LogP contribution in [0.4, 0.5) is 0 Å². The van der Waals surface area contributed by atoms with Crippen molar-refractivity contribution in [1.29, 1.82) is 0 Å². The fourth-order valence-corrected chi connectivity index (χ4v) is 2.34. The largest absolute Gasteiger partial charge is 0.493 e. The Morgan fingerprint density at radius 1 is 1.24 bits per heavy atom. The van der Waals surface area contributed by atoms with E-state index in [-0.39, 0.29) is 24.0 Å². The Labute approximate surface area is 166 Å². The molecule has 1 aromatic heterocycles. The first-order chi connectivity index (χ1) is 11.6. The molecule has 0 fully saturated rings. The first kappa shape index (κ1) is 21.2. The van der Waals surface area contributed by atoms with Crippen LogP contribution in [0.2, 0.25) is 0 Å². The zero-order chi connectivity index (χ0) is 17.4. The molecule has 0 unspecified atom stereocenters. The summed E-state index contributed by atoms with van der Waals surface area (Å²) >= 11 is 0. The number of aromatic nitrogens is 3. The van der Waals surface area contributed by atoms with E-state index >= 15 is 0 Å². The van der Waals surface area contributed by atoms with Crippen molar-refractivity contribution in [2.75, 3.05) is 20.2 Å². The number of hydrogen-bond donors (Lipinski definition) is 2. The summed E-state index contributed by atoms with van der Waals surface area (Å²) in [7, 11) is 3.62. The van der Waals surface area contributed by atoms with Gasteiger partial charge in [-0.15, -0.1) is 24.0 Å². The normalized spacial score (nSPS) is 11.0. The van der Waals surface area contributed by atoms with E-state index in [9.17, 15) is 0 Å². The van der Waals surface area contributed by atoms with Gasteiger partial charge in [-0.1, -0.05) is 18.2 Å². The molecule has 0 saturated carbocycles. The van der Waals surface area contributed by atoms with E-state index in [0.717, 1.165) is 30.5 Å². The smallest absolute Gasteiger partial charge is 0.191 e. The van der Waals surface area contributed by atoms with Crippen molar-refractivity contribution in [2.24, 2.45) is 12.0 Å². The molecule has 0 saturated heterocycles. The molecular formula is C17H27IN6O. The van der Waals surface area contributed by atoms with Crippen LogP contribution in [0, 0.1) is 13.8 Å². The monoisotopic (exact) mass is 458 g/mol. The number of ether oxygens (including phenoxy) is 1. The van der Waals surface area contributed by atoms with Crippen LogP contribution >= 0.6 is 24.0 Å². The quantitative estimate of drug-likeness (QED) is 0.288. The van der Waals surface area contributed by atoms with Gasteiger partial charge < -0.3 is 15.4 Å². The molecule has 1 heterocycles. The minimum absolute atomic E-state index is 0. The predicted molar refractivity (Wildman–Crippen MR) is 111 cm³/mol. The van der Waals surface area contributed by atoms with Crippen LogP contribution in [0.25, 0.3) is 0 Å². The van der Waals surface area contributed by atoms with Crippen molar-refractivity contribution in [1.82, 2.24) is 25.4 Å². The summed E-state index contributed by atoms with van der Waals surface area (Å²) in [5.41, 5.74) is 2.34. The van der Waals surface area contributed by atoms with Crippen molar-refractivity contribution >= 4 is 29.9 Å². The van der Waals surface area contributed by atoms with E-state index in [1.807, 2.05) is 13.1 Å². The molecular weight excluding hydrogens is 431 g/mol. The van der Waals surface area contributed by atoms with Gasteiger partial charge in [-0.25, -0.2) is 4.98 Å². The third-order valence-electron chi connectivity index (χ3n) is 3.71. The van der Waals surface area contributed by atoms with Crippen molar-refractivity contribution < 1.29 is 4.74 Å². The maximum absolute atomic E-state index is 5.90. The van der Waals surface area contributed by atoms with Gasteiger partial charge in [0.2, 0.25) is 0 Å². The lowest BCUT2D eigenvalue weighted by atomic mass is 10.1. The number of nitrogens with one attached hydrogen (secondary N) is 2. The van der Waals surface area contributed by atoms with Crippen LogP contribution < -0.4 is 15.4 Å². The lowest BCUT2D eigenvalue weighted by molar-refractivity contribution is 0.307. The average Bonchev–Trinajstić information content (AvgIpc) is 2.97. The van der Waals surface area contributed by atoms with Crippen LogP contribution in [0.5, 0.6) is 5.75 Å². The van der Waals surface area contributed by atoms with Crippen LogP contribution in [0.1, 0.15) is 23.4 Å². The number of para-hydroxylation sites is 1. The Bertz CT molecular complexity index is 665. The standard InChI is InChI=1S/C17H26N6O.HI/c1-13-7-5-8-14(2)16(13)24-10-6-9-19-17(18-3)20-11-15-21-12-22-23(15)4;/h5,7-8,12H,6,9-11H2,1-4H3,(H2,18,19,20);1H. The number of rotatable bonds is 7. The van der Waals surface area contributed by atoms with Crippen molar-refractivity contribution in [3.05, 3.63) is 41.5 Å². The van der Waals surface area contributed by atoms with Crippen molar-refractivity contribution in [3.63, 3.8) is 0 Å². The molecule has 0 bridgehead atoms. The van der Waals surface area contributed by atoms with Gasteiger partial charge >= 0.3 is 0 Å². The van der Waals surface area contributed by atoms with Gasteiger partial charge in [0.1, 0.15) is 17.9 Å². The molecule has 0 aliphatic rings. The number of nitrogens with zero attached hydrogens (tertiary/aromatic N) is 4. The number of aliphatic imine (C=N–C) groups is 1. The molecule has 2 N–H and O–H groups in total. The summed E-state index contributed by atoms with van der Waals surface area (Å²) in [6.07, 6.45) is 2.43. The van der Waals surface area contributed by atoms with E-state index in [4.69, 9.17) is 4.74 Å². The first-order valence-corrected chi connectivity index (χ1v) is 8.08. The zero-order valence-electron chi connectivity index (χ0n) is 15.2. The SMILES string of the molecule is CN=C(NCCCOc1c(C)cccc1C)NCc1ncnn1C.I. The third kappa shape index (κ3) is 6.52. The summed E-state index contributed by atoms with van der Waals surface area (Å²) in [5.74, 6) is 2.59. The molecule has 0 amide bonds. The zero-order valence-corrected chi connectivity index (χ0v) is 17.6. The topological polar surface area (TPSA) is 76.4 Å². The van der Waals surface area contributed by atoms with E-state index in [1.165, 1.54) is 17.5 Å². The number of aryl methyl sites for hydroxylation is 3. The minimum atomic E-state index is 0. The molecule has 0 aliphatic heterocycles. The Hall–Kier alpha value is -1.84. The maximum atomic E-state index is 5.90. The fourth-order valence-electron chi connectivity index (χ4n) is 2.34. The van der Waals surface area contributed by atoms with Gasteiger partial charge in [0.15, 0.2) is 5.96 Å². The fraction of sp³-hybridized carbons (Fsp3) is 0.471. The van der Waals surface area contributed by atoms with Gasteiger partial charge in [-0.05, 0) is 31.4 Å². The lowest BCUT2D eigenvalue weighted by Crippen LogP contribution is -2.38. The van der Waals surface area contributed by atoms with Crippen LogP contribution in [-0.2, 0) is 13.6 Å². The summed E-state index contributed by atoms with van der Waals surface area (Å²) in [5, 5.41) is 10.5. The highest BCUT2D eigenvalue weighted by Crippen LogP contribution is 2.22. The Morgan fingerprint density at radius 3 is 2.56 bits per heavy atom. The summed E-state index contributed by atoms with van der Waals surface area (Å²) in [6.45, 7) is 6.16. The second-order valence-electron chi connectivity index (χ2n) is 5.58. The second kappa shape index (κ2) is 10.9. The molecule has 7 nitrogen and oxygen atoms in total. The highest BCUT2D eigenvalue weighted by atomic mass is 127. The van der Waals surface area contributed by atoms with Gasteiger partial charge in [0, 0.05) is 20.6 Å². The molecule has 1 aromatic carbocycles. The molecule has 0 atom stereocenters. The number of hydrogen-bond acceptors (Lipinski definition) is 4. The van der Waals surface area contributed by atoms with E-state index in [0.29, 0.717) is 13.2 Å². The van der Waals surface area contributed by atoms with Gasteiger partial charge in [-0.2, -0.15) is 5.10 Å². The van der Waals surface area contributed by atoms with Crippen molar-refractivity contribution in [3.8, 4) is 5.75 Å². The van der Waals surface area contributed by atoms with E-state index in [2.05, 4.69) is 51.7 Å². The molecule has 0 aliphatic carbocycles. The van der Waals surface area contributed by atoms with Crippen LogP contribution in [0.15, 0.2) is 29.5 Å². The van der Waals surface area contributed by atoms with Crippen LogP contribution in [0.3, 0.4) is 0 Å². The average molecular weight is 458 g/mol. The molecule has 138 valence electrons. The Balaban J connectivity index is 0.00000312. The second-order valence-corrected chi connectivity index (χ2v) is 5.58. The lowest BCUT2D eigenvalue weighted by Gasteiger charge is -2.13. The Morgan fingerprint density at radius 2 is 1.96 bits per heavy atom.